The van der Waals surface area contributed by atoms with Crippen LogP contribution < -0.4 is 15.4 Å². The minimum absolute atomic E-state index is 0.184. The first-order valence-corrected chi connectivity index (χ1v) is 8.82. The molecular formula is C19H19BrN2O5. The number of carbonyl (C=O) groups excluding carboxylic acids is 3. The Hall–Kier alpha value is -2.87. The van der Waals surface area contributed by atoms with E-state index in [0.717, 1.165) is 0 Å². The van der Waals surface area contributed by atoms with Gasteiger partial charge in [0.1, 0.15) is 5.75 Å². The largest absolute Gasteiger partial charge is 0.497 e. The third-order valence-electron chi connectivity index (χ3n) is 3.52. The van der Waals surface area contributed by atoms with Crippen LogP contribution in [0.5, 0.6) is 5.75 Å². The summed E-state index contributed by atoms with van der Waals surface area (Å²) in [5.41, 5.74) is 1.39. The fourth-order valence-electron chi connectivity index (χ4n) is 2.15. The van der Waals surface area contributed by atoms with Crippen LogP contribution in [0.4, 0.5) is 11.4 Å². The molecule has 0 aliphatic heterocycles. The molecule has 0 radical (unpaired) electrons. The average molecular weight is 435 g/mol. The summed E-state index contributed by atoms with van der Waals surface area (Å²) in [4.78, 5) is 35.6. The second-order valence-electron chi connectivity index (χ2n) is 5.64. The third-order valence-corrected chi connectivity index (χ3v) is 4.21. The molecule has 0 heterocycles. The summed E-state index contributed by atoms with van der Waals surface area (Å²) in [5, 5.41) is 5.28. The lowest BCUT2D eigenvalue weighted by Crippen LogP contribution is -2.30. The Morgan fingerprint density at radius 1 is 1.00 bits per heavy atom. The van der Waals surface area contributed by atoms with Gasteiger partial charge in [-0.1, -0.05) is 0 Å². The molecule has 0 unspecified atom stereocenters. The summed E-state index contributed by atoms with van der Waals surface area (Å²) in [6, 6.07) is 11.5. The maximum absolute atomic E-state index is 12.3. The van der Waals surface area contributed by atoms with Crippen LogP contribution in [0.2, 0.25) is 0 Å². The molecule has 27 heavy (non-hydrogen) atoms. The van der Waals surface area contributed by atoms with Crippen LogP contribution >= 0.6 is 15.9 Å². The van der Waals surface area contributed by atoms with E-state index in [1.807, 2.05) is 0 Å². The Balaban J connectivity index is 1.99. The lowest BCUT2D eigenvalue weighted by Gasteiger charge is -2.15. The van der Waals surface area contributed by atoms with Crippen LogP contribution in [0.3, 0.4) is 0 Å². The topological polar surface area (TPSA) is 93.7 Å². The van der Waals surface area contributed by atoms with Gasteiger partial charge in [-0.05, 0) is 65.3 Å². The number of methoxy groups -OCH3 is 1. The van der Waals surface area contributed by atoms with Crippen LogP contribution in [0, 0.1) is 0 Å². The number of benzene rings is 2. The smallest absolute Gasteiger partial charge is 0.340 e. The molecule has 1 atom stereocenters. The van der Waals surface area contributed by atoms with Crippen LogP contribution in [0.25, 0.3) is 0 Å². The monoisotopic (exact) mass is 434 g/mol. The molecule has 7 nitrogen and oxygen atoms in total. The molecule has 2 aromatic rings. The number of nitrogens with one attached hydrogen (secondary N) is 2. The van der Waals surface area contributed by atoms with Gasteiger partial charge in [0.15, 0.2) is 6.10 Å². The summed E-state index contributed by atoms with van der Waals surface area (Å²) < 4.78 is 10.9. The van der Waals surface area contributed by atoms with E-state index < -0.39 is 18.0 Å². The Bertz CT molecular complexity index is 852. The predicted molar refractivity (Wildman–Crippen MR) is 105 cm³/mol. The van der Waals surface area contributed by atoms with Crippen molar-refractivity contribution in [1.29, 1.82) is 0 Å². The van der Waals surface area contributed by atoms with E-state index in [1.165, 1.54) is 27.0 Å². The van der Waals surface area contributed by atoms with E-state index in [2.05, 4.69) is 26.6 Å². The first kappa shape index (κ1) is 20.4. The minimum atomic E-state index is -1.01. The molecule has 2 amide bonds. The zero-order chi connectivity index (χ0) is 20.0. The summed E-state index contributed by atoms with van der Waals surface area (Å²) in [7, 11) is 1.49. The van der Waals surface area contributed by atoms with Crippen molar-refractivity contribution in [2.75, 3.05) is 17.7 Å². The second kappa shape index (κ2) is 9.18. The molecule has 0 fully saturated rings. The van der Waals surface area contributed by atoms with Crippen molar-refractivity contribution in [2.24, 2.45) is 0 Å². The van der Waals surface area contributed by atoms with Crippen molar-refractivity contribution in [2.45, 2.75) is 20.0 Å². The Kier molecular flexibility index (Phi) is 6.95. The van der Waals surface area contributed by atoms with E-state index in [9.17, 15) is 14.4 Å². The number of rotatable bonds is 6. The molecule has 0 aliphatic carbocycles. The van der Waals surface area contributed by atoms with E-state index in [4.69, 9.17) is 9.47 Å². The molecule has 0 saturated carbocycles. The Morgan fingerprint density at radius 2 is 1.59 bits per heavy atom. The van der Waals surface area contributed by atoms with Crippen molar-refractivity contribution in [3.63, 3.8) is 0 Å². The SMILES string of the molecule is COc1ccc(Br)c(C(=O)O[C@H](C)C(=O)Nc2ccc(NC(C)=O)cc2)c1. The van der Waals surface area contributed by atoms with Crippen molar-refractivity contribution >= 4 is 45.1 Å². The van der Waals surface area contributed by atoms with Crippen molar-refractivity contribution in [1.82, 2.24) is 0 Å². The molecule has 0 aliphatic rings. The van der Waals surface area contributed by atoms with Gasteiger partial charge in [-0.25, -0.2) is 4.79 Å². The van der Waals surface area contributed by atoms with Gasteiger partial charge in [-0.2, -0.15) is 0 Å². The fraction of sp³-hybridized carbons (Fsp3) is 0.211. The second-order valence-corrected chi connectivity index (χ2v) is 6.50. The van der Waals surface area contributed by atoms with Crippen LogP contribution in [0.1, 0.15) is 24.2 Å². The van der Waals surface area contributed by atoms with E-state index in [-0.39, 0.29) is 11.5 Å². The van der Waals surface area contributed by atoms with Crippen molar-refractivity contribution < 1.29 is 23.9 Å². The number of ether oxygens (including phenoxy) is 2. The minimum Gasteiger partial charge on any atom is -0.497 e. The highest BCUT2D eigenvalue weighted by molar-refractivity contribution is 9.10. The molecule has 0 saturated heterocycles. The number of anilines is 2. The zero-order valence-corrected chi connectivity index (χ0v) is 16.6. The Morgan fingerprint density at radius 3 is 2.15 bits per heavy atom. The highest BCUT2D eigenvalue weighted by Crippen LogP contribution is 2.23. The van der Waals surface area contributed by atoms with Crippen molar-refractivity contribution in [3.8, 4) is 5.75 Å². The average Bonchev–Trinajstić information content (AvgIpc) is 2.63. The molecule has 2 N–H and O–H groups in total. The summed E-state index contributed by atoms with van der Waals surface area (Å²) >= 11 is 3.28. The maximum Gasteiger partial charge on any atom is 0.340 e. The molecule has 0 spiro atoms. The van der Waals surface area contributed by atoms with Gasteiger partial charge < -0.3 is 20.1 Å². The number of halogens is 1. The van der Waals surface area contributed by atoms with Crippen LogP contribution in [0.15, 0.2) is 46.9 Å². The lowest BCUT2D eigenvalue weighted by atomic mass is 10.2. The quantitative estimate of drug-likeness (QED) is 0.677. The van der Waals surface area contributed by atoms with Crippen LogP contribution in [-0.4, -0.2) is 31.0 Å². The molecule has 0 aromatic heterocycles. The normalized spacial score (nSPS) is 11.3. The third kappa shape index (κ3) is 5.82. The number of hydrogen-bond donors (Lipinski definition) is 2. The molecule has 142 valence electrons. The number of esters is 1. The fourth-order valence-corrected chi connectivity index (χ4v) is 2.56. The van der Waals surface area contributed by atoms with Gasteiger partial charge in [-0.15, -0.1) is 0 Å². The molecule has 0 bridgehead atoms. The summed E-state index contributed by atoms with van der Waals surface area (Å²) in [6.45, 7) is 2.89. The van der Waals surface area contributed by atoms with Crippen molar-refractivity contribution in [3.05, 3.63) is 52.5 Å². The molecule has 2 rings (SSSR count). The molecule has 8 heteroatoms. The summed E-state index contributed by atoms with van der Waals surface area (Å²) in [5.74, 6) is -0.809. The maximum atomic E-state index is 12.3. The number of carbonyl (C=O) groups is 3. The van der Waals surface area contributed by atoms with E-state index in [1.54, 1.807) is 36.4 Å². The first-order valence-electron chi connectivity index (χ1n) is 8.03. The number of amides is 2. The Labute approximate surface area is 165 Å². The van der Waals surface area contributed by atoms with Crippen LogP contribution in [-0.2, 0) is 14.3 Å². The standard InChI is InChI=1S/C19H19BrN2O5/c1-11(27-19(25)16-10-15(26-3)8-9-17(16)20)18(24)22-14-6-4-13(5-7-14)21-12(2)23/h4-11H,1-3H3,(H,21,23)(H,22,24)/t11-/m1/s1. The van der Waals surface area contributed by atoms with E-state index in [0.29, 0.717) is 21.6 Å². The molecular weight excluding hydrogens is 416 g/mol. The first-order chi connectivity index (χ1) is 12.8. The molecule has 2 aromatic carbocycles. The van der Waals surface area contributed by atoms with E-state index >= 15 is 0 Å². The van der Waals surface area contributed by atoms with Gasteiger partial charge in [0, 0.05) is 22.8 Å². The zero-order valence-electron chi connectivity index (χ0n) is 15.0. The van der Waals surface area contributed by atoms with Gasteiger partial charge in [-0.3, -0.25) is 9.59 Å². The number of hydrogen-bond acceptors (Lipinski definition) is 5. The van der Waals surface area contributed by atoms with Gasteiger partial charge >= 0.3 is 5.97 Å². The lowest BCUT2D eigenvalue weighted by molar-refractivity contribution is -0.123. The highest BCUT2D eigenvalue weighted by atomic mass is 79.9. The van der Waals surface area contributed by atoms with Gasteiger partial charge in [0.05, 0.1) is 12.7 Å². The summed E-state index contributed by atoms with van der Waals surface area (Å²) in [6.07, 6.45) is -1.01. The van der Waals surface area contributed by atoms with Gasteiger partial charge in [0.25, 0.3) is 5.91 Å². The predicted octanol–water partition coefficient (Wildman–Crippen LogP) is 3.60. The van der Waals surface area contributed by atoms with Gasteiger partial charge in [0.2, 0.25) is 5.91 Å². The highest BCUT2D eigenvalue weighted by Gasteiger charge is 2.21.